The Kier molecular flexibility index (Phi) is 9.83. The minimum Gasteiger partial charge on any atom is -0.494 e. The molecule has 1 aliphatic rings. The molecule has 0 spiro atoms. The molecule has 1 amide bonds. The molecule has 0 saturated carbocycles. The molecule has 6 N–H and O–H groups in total. The summed E-state index contributed by atoms with van der Waals surface area (Å²) in [7, 11) is -0.643. The third kappa shape index (κ3) is 7.23. The van der Waals surface area contributed by atoms with Crippen LogP contribution in [0.1, 0.15) is 47.8 Å². The highest BCUT2D eigenvalue weighted by molar-refractivity contribution is 8.16. The van der Waals surface area contributed by atoms with Crippen LogP contribution in [0.3, 0.4) is 0 Å². The zero-order chi connectivity index (χ0) is 26.5. The number of nitrogens with two attached hydrogens (primary N) is 1. The Morgan fingerprint density at radius 2 is 1.83 bits per heavy atom. The number of hydrogen-bond acceptors (Lipinski definition) is 6. The van der Waals surface area contributed by atoms with Crippen LogP contribution in [-0.2, 0) is 11.2 Å². The average molecular weight is 519 g/mol. The van der Waals surface area contributed by atoms with Gasteiger partial charge in [-0.25, -0.2) is 10.9 Å². The molecule has 3 rings (SSSR count). The Labute approximate surface area is 217 Å². The normalized spacial score (nSPS) is 25.5. The maximum atomic E-state index is 11.4. The maximum absolute atomic E-state index is 11.4. The predicted molar refractivity (Wildman–Crippen MR) is 147 cm³/mol. The molecule has 0 aromatic heterocycles. The summed E-state index contributed by atoms with van der Waals surface area (Å²) in [6.45, 7) is 7.60. The summed E-state index contributed by atoms with van der Waals surface area (Å²) in [5.74, 6) is 1.04. The molecule has 1 fully saturated rings. The second-order valence-corrected chi connectivity index (χ2v) is 13.0. The lowest BCUT2D eigenvalue weighted by atomic mass is 9.93. The Balaban J connectivity index is 1.54. The summed E-state index contributed by atoms with van der Waals surface area (Å²) in [5, 5.41) is 34.0. The van der Waals surface area contributed by atoms with Gasteiger partial charge >= 0.3 is 0 Å². The molecule has 8 heteroatoms. The van der Waals surface area contributed by atoms with E-state index in [1.54, 1.807) is 0 Å². The van der Waals surface area contributed by atoms with Gasteiger partial charge in [-0.05, 0) is 80.8 Å². The van der Waals surface area contributed by atoms with Gasteiger partial charge < -0.3 is 31.1 Å². The van der Waals surface area contributed by atoms with Crippen LogP contribution >= 0.6 is 10.9 Å². The first kappa shape index (κ1) is 28.5. The van der Waals surface area contributed by atoms with Gasteiger partial charge in [0, 0.05) is 17.5 Å². The van der Waals surface area contributed by atoms with Gasteiger partial charge in [0.15, 0.2) is 0 Å². The fourth-order valence-corrected chi connectivity index (χ4v) is 6.91. The number of primary amides is 1. The molecular formula is C28H42N2O5S. The first-order valence-corrected chi connectivity index (χ1v) is 14.6. The monoisotopic (exact) mass is 518 g/mol. The lowest BCUT2D eigenvalue weighted by Crippen LogP contribution is -2.47. The molecule has 1 aliphatic heterocycles. The van der Waals surface area contributed by atoms with Crippen molar-refractivity contribution in [3.8, 4) is 5.75 Å². The molecule has 0 bridgehead atoms. The van der Waals surface area contributed by atoms with Gasteiger partial charge in [-0.1, -0.05) is 30.3 Å². The molecule has 2 aromatic rings. The summed E-state index contributed by atoms with van der Waals surface area (Å²) in [4.78, 5) is 11.4. The smallest absolute Gasteiger partial charge is 0.224 e. The Bertz CT molecular complexity index is 1010. The number of hydrogen-bond donors (Lipinski definition) is 6. The molecule has 1 heterocycles. The van der Waals surface area contributed by atoms with E-state index in [1.165, 1.54) is 11.1 Å². The highest BCUT2D eigenvalue weighted by atomic mass is 32.2. The lowest BCUT2D eigenvalue weighted by molar-refractivity contribution is -0.125. The summed E-state index contributed by atoms with van der Waals surface area (Å²) in [6, 6.07) is 14.3. The van der Waals surface area contributed by atoms with Gasteiger partial charge in [0.05, 0.1) is 24.2 Å². The Hall–Kier alpha value is -2.10. The highest BCUT2D eigenvalue weighted by Gasteiger charge is 2.40. The number of amides is 1. The van der Waals surface area contributed by atoms with E-state index >= 15 is 0 Å². The van der Waals surface area contributed by atoms with Crippen molar-refractivity contribution in [1.82, 2.24) is 5.32 Å². The number of carbonyl (C=O) groups is 1. The third-order valence-electron chi connectivity index (χ3n) is 7.05. The van der Waals surface area contributed by atoms with Crippen molar-refractivity contribution >= 4 is 16.8 Å². The first-order valence-electron chi connectivity index (χ1n) is 12.6. The number of aryl methyl sites for hydroxylation is 1. The van der Waals surface area contributed by atoms with Crippen LogP contribution < -0.4 is 15.8 Å². The van der Waals surface area contributed by atoms with E-state index in [-0.39, 0.29) is 11.2 Å². The van der Waals surface area contributed by atoms with Gasteiger partial charge in [0.2, 0.25) is 5.91 Å². The topological polar surface area (TPSA) is 125 Å². The molecular weight excluding hydrogens is 476 g/mol. The van der Waals surface area contributed by atoms with Crippen molar-refractivity contribution in [2.45, 2.75) is 57.2 Å². The van der Waals surface area contributed by atoms with Gasteiger partial charge in [-0.3, -0.25) is 4.79 Å². The molecule has 0 radical (unpaired) electrons. The van der Waals surface area contributed by atoms with Crippen molar-refractivity contribution in [2.75, 3.05) is 31.7 Å². The number of aliphatic hydroxyl groups excluding tert-OH is 3. The number of ether oxygens (including phenoxy) is 1. The van der Waals surface area contributed by atoms with E-state index in [4.69, 9.17) is 10.5 Å². The van der Waals surface area contributed by atoms with E-state index in [9.17, 15) is 20.1 Å². The molecule has 200 valence electrons. The van der Waals surface area contributed by atoms with E-state index in [0.29, 0.717) is 18.9 Å². The number of carbonyl (C=O) groups excluding carboxylic acids is 1. The third-order valence-corrected chi connectivity index (χ3v) is 9.55. The zero-order valence-electron chi connectivity index (χ0n) is 21.8. The number of rotatable bonds is 11. The van der Waals surface area contributed by atoms with Crippen molar-refractivity contribution in [1.29, 1.82) is 0 Å². The van der Waals surface area contributed by atoms with Gasteiger partial charge in [-0.15, -0.1) is 0 Å². The number of aliphatic hydroxyl groups is 3. The molecule has 36 heavy (non-hydrogen) atoms. The number of nitrogens with one attached hydrogen (secondary N) is 1. The van der Waals surface area contributed by atoms with Gasteiger partial charge in [0.25, 0.3) is 0 Å². The Morgan fingerprint density at radius 1 is 1.14 bits per heavy atom. The standard InChI is InChI=1S/C28H42N2O5S/c1-18-6-9-20(26-25(33)24(32)23(31)16-36(26)4)15-21(18)14-19-7-10-22(11-8-19)35-13-5-12-30-17-28(2,3)27(29)34/h6-11,15,23-26,30-33,36H,5,12-14,16-17H2,1-4H3,(H2,29,34)/t23-,24-,25-,26+/m1/s1. The van der Waals surface area contributed by atoms with Crippen LogP contribution in [0.5, 0.6) is 5.75 Å². The van der Waals surface area contributed by atoms with Crippen LogP contribution in [0.25, 0.3) is 0 Å². The molecule has 1 saturated heterocycles. The fourth-order valence-electron chi connectivity index (χ4n) is 4.51. The number of thiol groups is 1. The van der Waals surface area contributed by atoms with Crippen LogP contribution in [0.2, 0.25) is 0 Å². The molecule has 7 nitrogen and oxygen atoms in total. The highest BCUT2D eigenvalue weighted by Crippen LogP contribution is 2.48. The molecule has 1 unspecified atom stereocenters. The van der Waals surface area contributed by atoms with Crippen LogP contribution in [0.15, 0.2) is 42.5 Å². The minimum absolute atomic E-state index is 0.148. The van der Waals surface area contributed by atoms with E-state index in [1.807, 2.05) is 32.0 Å². The fraction of sp³-hybridized carbons (Fsp3) is 0.536. The predicted octanol–water partition coefficient (Wildman–Crippen LogP) is 2.22. The number of benzene rings is 2. The van der Waals surface area contributed by atoms with Crippen molar-refractivity contribution < 1.29 is 24.9 Å². The second kappa shape index (κ2) is 12.4. The Morgan fingerprint density at radius 3 is 2.50 bits per heavy atom. The summed E-state index contributed by atoms with van der Waals surface area (Å²) in [6.07, 6.45) is 0.735. The van der Waals surface area contributed by atoms with Crippen LogP contribution in [0.4, 0.5) is 0 Å². The first-order chi connectivity index (χ1) is 17.0. The SMILES string of the molecule is Cc1ccc([C@H]2[C@H](O)[C@H](O)[C@H](O)C[SH]2C)cc1Cc1ccc(OCCCNCC(C)(C)C(N)=O)cc1. The van der Waals surface area contributed by atoms with Crippen molar-refractivity contribution in [3.05, 3.63) is 64.7 Å². The maximum Gasteiger partial charge on any atom is 0.224 e. The zero-order valence-corrected chi connectivity index (χ0v) is 22.7. The van der Waals surface area contributed by atoms with Crippen LogP contribution in [0, 0.1) is 12.3 Å². The van der Waals surface area contributed by atoms with E-state index < -0.39 is 34.6 Å². The average Bonchev–Trinajstić information content (AvgIpc) is 2.82. The quantitative estimate of drug-likeness (QED) is 0.200. The van der Waals surface area contributed by atoms with E-state index in [2.05, 4.69) is 42.8 Å². The molecule has 5 atom stereocenters. The minimum atomic E-state index is -1.11. The van der Waals surface area contributed by atoms with Gasteiger partial charge in [-0.2, -0.15) is 0 Å². The van der Waals surface area contributed by atoms with Gasteiger partial charge in [0.1, 0.15) is 11.9 Å². The molecule has 0 aliphatic carbocycles. The summed E-state index contributed by atoms with van der Waals surface area (Å²) in [5.41, 5.74) is 9.37. The summed E-state index contributed by atoms with van der Waals surface area (Å²) < 4.78 is 5.85. The largest absolute Gasteiger partial charge is 0.494 e. The lowest BCUT2D eigenvalue weighted by Gasteiger charge is -2.42. The summed E-state index contributed by atoms with van der Waals surface area (Å²) >= 11 is 0. The van der Waals surface area contributed by atoms with Crippen molar-refractivity contribution in [2.24, 2.45) is 11.1 Å². The van der Waals surface area contributed by atoms with Crippen molar-refractivity contribution in [3.63, 3.8) is 0 Å². The second-order valence-electron chi connectivity index (χ2n) is 10.6. The molecule has 2 aromatic carbocycles. The van der Waals surface area contributed by atoms with Crippen LogP contribution in [-0.4, -0.2) is 71.2 Å². The van der Waals surface area contributed by atoms with E-state index in [0.717, 1.165) is 36.3 Å².